The summed E-state index contributed by atoms with van der Waals surface area (Å²) in [6, 6.07) is 7.28. The molecule has 0 bridgehead atoms. The molecule has 1 aromatic carbocycles. The number of phenols is 1. The summed E-state index contributed by atoms with van der Waals surface area (Å²) in [6.07, 6.45) is -0.387. The molecule has 0 aromatic heterocycles. The standard InChI is InChI=1S/C14H23NO2/c1-10(11-6-5-7-12(16)8-11)15-9-13(17)14(2,3)4/h5-8,10,13,15-17H,9H2,1-4H3/t10-,13+/m1/s1. The molecule has 3 nitrogen and oxygen atoms in total. The number of aromatic hydroxyl groups is 1. The van der Waals surface area contributed by atoms with Crippen LogP contribution in [-0.2, 0) is 0 Å². The lowest BCUT2D eigenvalue weighted by Crippen LogP contribution is -2.37. The highest BCUT2D eigenvalue weighted by atomic mass is 16.3. The van der Waals surface area contributed by atoms with Gasteiger partial charge in [-0.3, -0.25) is 0 Å². The van der Waals surface area contributed by atoms with Crippen molar-refractivity contribution >= 4 is 0 Å². The van der Waals surface area contributed by atoms with Crippen molar-refractivity contribution in [3.05, 3.63) is 29.8 Å². The average Bonchev–Trinajstić information content (AvgIpc) is 2.24. The maximum absolute atomic E-state index is 9.92. The summed E-state index contributed by atoms with van der Waals surface area (Å²) in [5, 5.41) is 22.6. The molecule has 2 atom stereocenters. The SMILES string of the molecule is C[C@@H](NC[C@H](O)C(C)(C)C)c1cccc(O)c1. The number of nitrogens with one attached hydrogen (secondary N) is 1. The lowest BCUT2D eigenvalue weighted by atomic mass is 9.89. The van der Waals surface area contributed by atoms with Gasteiger partial charge in [-0.1, -0.05) is 32.9 Å². The zero-order valence-electron chi connectivity index (χ0n) is 11.1. The van der Waals surface area contributed by atoms with Crippen LogP contribution in [0.4, 0.5) is 0 Å². The van der Waals surface area contributed by atoms with E-state index in [9.17, 15) is 10.2 Å². The van der Waals surface area contributed by atoms with Crippen LogP contribution < -0.4 is 5.32 Å². The minimum Gasteiger partial charge on any atom is -0.508 e. The summed E-state index contributed by atoms with van der Waals surface area (Å²) < 4.78 is 0. The zero-order valence-corrected chi connectivity index (χ0v) is 11.1. The summed E-state index contributed by atoms with van der Waals surface area (Å²) in [4.78, 5) is 0. The van der Waals surface area contributed by atoms with Crippen LogP contribution in [0.5, 0.6) is 5.75 Å². The molecule has 0 aliphatic carbocycles. The van der Waals surface area contributed by atoms with Crippen LogP contribution in [0.25, 0.3) is 0 Å². The Hall–Kier alpha value is -1.06. The van der Waals surface area contributed by atoms with Crippen molar-refractivity contribution in [1.29, 1.82) is 0 Å². The Labute approximate surface area is 103 Å². The normalized spacial score (nSPS) is 15.6. The van der Waals surface area contributed by atoms with E-state index in [2.05, 4.69) is 5.32 Å². The second kappa shape index (κ2) is 5.52. The van der Waals surface area contributed by atoms with Gasteiger partial charge in [-0.15, -0.1) is 0 Å². The van der Waals surface area contributed by atoms with Crippen molar-refractivity contribution in [3.63, 3.8) is 0 Å². The van der Waals surface area contributed by atoms with Crippen LogP contribution in [0.1, 0.15) is 39.3 Å². The van der Waals surface area contributed by atoms with Gasteiger partial charge in [0.2, 0.25) is 0 Å². The molecule has 0 saturated carbocycles. The Morgan fingerprint density at radius 3 is 2.47 bits per heavy atom. The first kappa shape index (κ1) is 14.0. The van der Waals surface area contributed by atoms with Crippen molar-refractivity contribution in [2.24, 2.45) is 5.41 Å². The molecule has 0 amide bonds. The quantitative estimate of drug-likeness (QED) is 0.754. The van der Waals surface area contributed by atoms with Crippen molar-refractivity contribution in [1.82, 2.24) is 5.32 Å². The molecule has 0 spiro atoms. The summed E-state index contributed by atoms with van der Waals surface area (Å²) in [7, 11) is 0. The fourth-order valence-electron chi connectivity index (χ4n) is 1.51. The van der Waals surface area contributed by atoms with Crippen molar-refractivity contribution < 1.29 is 10.2 Å². The van der Waals surface area contributed by atoms with E-state index in [4.69, 9.17) is 0 Å². The Bertz CT molecular complexity index is 357. The zero-order chi connectivity index (χ0) is 13.1. The summed E-state index contributed by atoms with van der Waals surface area (Å²) in [5.41, 5.74) is 0.900. The van der Waals surface area contributed by atoms with Gasteiger partial charge in [0.15, 0.2) is 0 Å². The lowest BCUT2D eigenvalue weighted by Gasteiger charge is -2.27. The predicted octanol–water partition coefficient (Wildman–Crippen LogP) is 2.45. The van der Waals surface area contributed by atoms with E-state index in [1.165, 1.54) is 0 Å². The number of hydrogen-bond acceptors (Lipinski definition) is 3. The van der Waals surface area contributed by atoms with Gasteiger partial charge in [-0.2, -0.15) is 0 Å². The average molecular weight is 237 g/mol. The second-order valence-corrected chi connectivity index (χ2v) is 5.61. The smallest absolute Gasteiger partial charge is 0.115 e. The van der Waals surface area contributed by atoms with E-state index >= 15 is 0 Å². The Morgan fingerprint density at radius 2 is 1.94 bits per heavy atom. The van der Waals surface area contributed by atoms with Gasteiger partial charge < -0.3 is 15.5 Å². The summed E-state index contributed by atoms with van der Waals surface area (Å²) >= 11 is 0. The lowest BCUT2D eigenvalue weighted by molar-refractivity contribution is 0.0609. The van der Waals surface area contributed by atoms with Gasteiger partial charge in [0, 0.05) is 12.6 Å². The van der Waals surface area contributed by atoms with E-state index in [1.54, 1.807) is 12.1 Å². The minimum atomic E-state index is -0.387. The number of rotatable bonds is 4. The van der Waals surface area contributed by atoms with Crippen molar-refractivity contribution in [2.45, 2.75) is 39.8 Å². The van der Waals surface area contributed by atoms with Crippen LogP contribution >= 0.6 is 0 Å². The Morgan fingerprint density at radius 1 is 1.29 bits per heavy atom. The first-order valence-corrected chi connectivity index (χ1v) is 6.01. The molecular formula is C14H23NO2. The fourth-order valence-corrected chi connectivity index (χ4v) is 1.51. The molecule has 1 aromatic rings. The van der Waals surface area contributed by atoms with E-state index in [0.29, 0.717) is 6.54 Å². The largest absolute Gasteiger partial charge is 0.508 e. The van der Waals surface area contributed by atoms with E-state index in [0.717, 1.165) is 5.56 Å². The number of phenolic OH excluding ortho intramolecular Hbond substituents is 1. The molecule has 17 heavy (non-hydrogen) atoms. The monoisotopic (exact) mass is 237 g/mol. The molecule has 3 heteroatoms. The van der Waals surface area contributed by atoms with Crippen molar-refractivity contribution in [2.75, 3.05) is 6.54 Å². The summed E-state index contributed by atoms with van der Waals surface area (Å²) in [6.45, 7) is 8.60. The van der Waals surface area contributed by atoms with Crippen molar-refractivity contribution in [3.8, 4) is 5.75 Å². The maximum Gasteiger partial charge on any atom is 0.115 e. The molecule has 0 aliphatic rings. The molecular weight excluding hydrogens is 214 g/mol. The number of aliphatic hydroxyl groups excluding tert-OH is 1. The van der Waals surface area contributed by atoms with Gasteiger partial charge in [0.05, 0.1) is 6.10 Å². The second-order valence-electron chi connectivity index (χ2n) is 5.61. The predicted molar refractivity (Wildman–Crippen MR) is 70.0 cm³/mol. The summed E-state index contributed by atoms with van der Waals surface area (Å²) in [5.74, 6) is 0.271. The van der Waals surface area contributed by atoms with Crippen LogP contribution in [0.3, 0.4) is 0 Å². The van der Waals surface area contributed by atoms with Crippen LogP contribution in [0.2, 0.25) is 0 Å². The molecule has 96 valence electrons. The van der Waals surface area contributed by atoms with E-state index in [1.807, 2.05) is 39.8 Å². The van der Waals surface area contributed by atoms with E-state index < -0.39 is 0 Å². The third kappa shape index (κ3) is 4.36. The highest BCUT2D eigenvalue weighted by Crippen LogP contribution is 2.21. The van der Waals surface area contributed by atoms with Gasteiger partial charge >= 0.3 is 0 Å². The molecule has 1 rings (SSSR count). The van der Waals surface area contributed by atoms with E-state index in [-0.39, 0.29) is 23.3 Å². The van der Waals surface area contributed by atoms with Crippen LogP contribution in [0.15, 0.2) is 24.3 Å². The molecule has 3 N–H and O–H groups in total. The molecule has 0 heterocycles. The minimum absolute atomic E-state index is 0.110. The number of aliphatic hydroxyl groups is 1. The highest BCUT2D eigenvalue weighted by molar-refractivity contribution is 5.28. The molecule has 0 fully saturated rings. The van der Waals surface area contributed by atoms with Crippen LogP contribution in [0, 0.1) is 5.41 Å². The molecule has 0 saturated heterocycles. The molecule has 0 unspecified atom stereocenters. The van der Waals surface area contributed by atoms with Gasteiger partial charge in [0.1, 0.15) is 5.75 Å². The third-order valence-electron chi connectivity index (χ3n) is 2.99. The maximum atomic E-state index is 9.92. The van der Waals surface area contributed by atoms with Crippen LogP contribution in [-0.4, -0.2) is 22.9 Å². The van der Waals surface area contributed by atoms with Gasteiger partial charge in [-0.05, 0) is 30.0 Å². The van der Waals surface area contributed by atoms with Gasteiger partial charge in [0.25, 0.3) is 0 Å². The van der Waals surface area contributed by atoms with Gasteiger partial charge in [-0.25, -0.2) is 0 Å². The fraction of sp³-hybridized carbons (Fsp3) is 0.571. The Balaban J connectivity index is 2.53. The third-order valence-corrected chi connectivity index (χ3v) is 2.99. The first-order valence-electron chi connectivity index (χ1n) is 6.01. The Kier molecular flexibility index (Phi) is 4.54. The highest BCUT2D eigenvalue weighted by Gasteiger charge is 2.22. The first-order chi connectivity index (χ1) is 7.80. The topological polar surface area (TPSA) is 52.5 Å². The molecule has 0 aliphatic heterocycles. The number of hydrogen-bond donors (Lipinski definition) is 3. The molecule has 0 radical (unpaired) electrons. The number of benzene rings is 1.